The van der Waals surface area contributed by atoms with E-state index in [9.17, 15) is 4.39 Å². The lowest BCUT2D eigenvalue weighted by Gasteiger charge is -2.08. The maximum Gasteiger partial charge on any atom is 0.126 e. The maximum absolute atomic E-state index is 13.7. The van der Waals surface area contributed by atoms with Crippen LogP contribution in [-0.4, -0.2) is 9.55 Å². The molecule has 1 heterocycles. The van der Waals surface area contributed by atoms with Gasteiger partial charge in [0.2, 0.25) is 0 Å². The molecule has 3 rings (SSSR count). The summed E-state index contributed by atoms with van der Waals surface area (Å²) in [5.74, 6) is 0.974. The van der Waals surface area contributed by atoms with Gasteiger partial charge in [0, 0.05) is 11.0 Å². The summed E-state index contributed by atoms with van der Waals surface area (Å²) < 4.78 is 16.7. The zero-order chi connectivity index (χ0) is 14.8. The van der Waals surface area contributed by atoms with Crippen molar-refractivity contribution >= 4 is 38.6 Å². The van der Waals surface area contributed by atoms with Crippen LogP contribution in [0.3, 0.4) is 0 Å². The molecule has 0 aliphatic rings. The second-order valence-electron chi connectivity index (χ2n) is 4.79. The van der Waals surface area contributed by atoms with Crippen LogP contribution in [0.4, 0.5) is 4.39 Å². The van der Waals surface area contributed by atoms with E-state index >= 15 is 0 Å². The average molecular weight is 368 g/mol. The highest BCUT2D eigenvalue weighted by atomic mass is 79.9. The molecule has 0 aliphatic heterocycles. The fourth-order valence-electron chi connectivity index (χ4n) is 2.44. The lowest BCUT2D eigenvalue weighted by molar-refractivity contribution is 0.593. The van der Waals surface area contributed by atoms with Gasteiger partial charge < -0.3 is 4.57 Å². The fraction of sp³-hybridized carbons (Fsp3) is 0.188. The van der Waals surface area contributed by atoms with E-state index in [4.69, 9.17) is 11.6 Å². The third kappa shape index (κ3) is 2.97. The summed E-state index contributed by atoms with van der Waals surface area (Å²) in [6.45, 7) is 0.654. The lowest BCUT2D eigenvalue weighted by Crippen LogP contribution is -2.06. The second-order valence-corrected chi connectivity index (χ2v) is 5.97. The van der Waals surface area contributed by atoms with E-state index in [0.29, 0.717) is 24.4 Å². The predicted octanol–water partition coefficient (Wildman–Crippen LogP) is 4.92. The average Bonchev–Trinajstić information content (AvgIpc) is 2.83. The van der Waals surface area contributed by atoms with E-state index in [1.165, 1.54) is 6.07 Å². The van der Waals surface area contributed by atoms with Crippen molar-refractivity contribution in [2.45, 2.75) is 18.8 Å². The molecule has 0 aliphatic carbocycles. The summed E-state index contributed by atoms with van der Waals surface area (Å²) in [7, 11) is 0. The molecule has 0 N–H and O–H groups in total. The number of nitrogens with zero attached hydrogens (tertiary/aromatic N) is 2. The van der Waals surface area contributed by atoms with Gasteiger partial charge in [-0.1, -0.05) is 34.1 Å². The molecule has 2 nitrogen and oxygen atoms in total. The van der Waals surface area contributed by atoms with Crippen molar-refractivity contribution in [2.75, 3.05) is 0 Å². The van der Waals surface area contributed by atoms with Crippen LogP contribution in [0.5, 0.6) is 0 Å². The Balaban J connectivity index is 1.94. The Morgan fingerprint density at radius 2 is 2.00 bits per heavy atom. The number of benzene rings is 2. The number of aromatic nitrogens is 2. The van der Waals surface area contributed by atoms with Crippen LogP contribution in [0.2, 0.25) is 0 Å². The van der Waals surface area contributed by atoms with Crippen molar-refractivity contribution in [1.29, 1.82) is 0 Å². The van der Waals surface area contributed by atoms with Crippen LogP contribution in [0.25, 0.3) is 11.0 Å². The fourth-order valence-corrected chi connectivity index (χ4v) is 2.99. The lowest BCUT2D eigenvalue weighted by atomic mass is 10.1. The summed E-state index contributed by atoms with van der Waals surface area (Å²) in [4.78, 5) is 4.53. The topological polar surface area (TPSA) is 17.8 Å². The maximum atomic E-state index is 13.7. The molecule has 0 amide bonds. The van der Waals surface area contributed by atoms with Gasteiger partial charge in [-0.15, -0.1) is 11.6 Å². The zero-order valence-corrected chi connectivity index (χ0v) is 13.5. The highest BCUT2D eigenvalue weighted by Crippen LogP contribution is 2.22. The Labute approximate surface area is 135 Å². The minimum absolute atomic E-state index is 0.169. The first-order valence-electron chi connectivity index (χ1n) is 6.63. The minimum atomic E-state index is -0.169. The molecule has 5 heteroatoms. The first kappa shape index (κ1) is 14.5. The van der Waals surface area contributed by atoms with Gasteiger partial charge in [0.1, 0.15) is 11.6 Å². The minimum Gasteiger partial charge on any atom is -0.327 e. The summed E-state index contributed by atoms with van der Waals surface area (Å²) in [6.07, 6.45) is 0.609. The van der Waals surface area contributed by atoms with E-state index < -0.39 is 0 Å². The molecule has 1 aromatic heterocycles. The number of hydrogen-bond donors (Lipinski definition) is 0. The molecule has 0 atom stereocenters. The van der Waals surface area contributed by atoms with Gasteiger partial charge in [-0.05, 0) is 36.2 Å². The predicted molar refractivity (Wildman–Crippen MR) is 87.1 cm³/mol. The first-order valence-corrected chi connectivity index (χ1v) is 7.96. The van der Waals surface area contributed by atoms with Crippen LogP contribution < -0.4 is 0 Å². The van der Waals surface area contributed by atoms with E-state index in [-0.39, 0.29) is 5.82 Å². The molecule has 21 heavy (non-hydrogen) atoms. The Bertz CT molecular complexity index is 785. The third-order valence-electron chi connectivity index (χ3n) is 3.47. The van der Waals surface area contributed by atoms with Gasteiger partial charge in [-0.3, -0.25) is 0 Å². The normalized spacial score (nSPS) is 11.2. The Morgan fingerprint density at radius 1 is 1.19 bits per heavy atom. The van der Waals surface area contributed by atoms with Gasteiger partial charge in [0.25, 0.3) is 0 Å². The third-order valence-corrected chi connectivity index (χ3v) is 4.20. The number of aryl methyl sites for hydroxylation is 2. The largest absolute Gasteiger partial charge is 0.327 e. The molecule has 2 aromatic carbocycles. The molecule has 0 fully saturated rings. The number of halogens is 3. The smallest absolute Gasteiger partial charge is 0.126 e. The van der Waals surface area contributed by atoms with Gasteiger partial charge in [0.15, 0.2) is 0 Å². The SMILES string of the molecule is Fc1ccccc1CCn1c(CCl)nc2cc(Br)ccc21. The summed E-state index contributed by atoms with van der Waals surface area (Å²) in [5, 5.41) is 0. The quantitative estimate of drug-likeness (QED) is 0.599. The van der Waals surface area contributed by atoms with Crippen molar-refractivity contribution in [1.82, 2.24) is 9.55 Å². The van der Waals surface area contributed by atoms with Gasteiger partial charge in [-0.25, -0.2) is 9.37 Å². The van der Waals surface area contributed by atoms with Gasteiger partial charge >= 0.3 is 0 Å². The van der Waals surface area contributed by atoms with Crippen molar-refractivity contribution in [3.05, 3.63) is 64.1 Å². The van der Waals surface area contributed by atoms with Crippen LogP contribution >= 0.6 is 27.5 Å². The van der Waals surface area contributed by atoms with Crippen LogP contribution in [0, 0.1) is 5.82 Å². The molecule has 0 bridgehead atoms. The van der Waals surface area contributed by atoms with Gasteiger partial charge in [-0.2, -0.15) is 0 Å². The van der Waals surface area contributed by atoms with E-state index in [0.717, 1.165) is 21.3 Å². The monoisotopic (exact) mass is 366 g/mol. The first-order chi connectivity index (χ1) is 10.2. The number of imidazole rings is 1. The molecule has 0 radical (unpaired) electrons. The number of fused-ring (bicyclic) bond motifs is 1. The molecular formula is C16H13BrClFN2. The highest BCUT2D eigenvalue weighted by molar-refractivity contribution is 9.10. The standard InChI is InChI=1S/C16H13BrClFN2/c17-12-5-6-15-14(9-12)20-16(10-18)21(15)8-7-11-3-1-2-4-13(11)19/h1-6,9H,7-8,10H2. The Morgan fingerprint density at radius 3 is 2.76 bits per heavy atom. The van der Waals surface area contributed by atoms with E-state index in [1.54, 1.807) is 6.07 Å². The molecule has 0 spiro atoms. The van der Waals surface area contributed by atoms with Crippen molar-refractivity contribution < 1.29 is 4.39 Å². The molecule has 0 unspecified atom stereocenters. The number of alkyl halides is 1. The summed E-state index contributed by atoms with van der Waals surface area (Å²) in [6, 6.07) is 12.8. The van der Waals surface area contributed by atoms with Crippen molar-refractivity contribution in [2.24, 2.45) is 0 Å². The summed E-state index contributed by atoms with van der Waals surface area (Å²) >= 11 is 9.43. The Kier molecular flexibility index (Phi) is 4.27. The van der Waals surface area contributed by atoms with Crippen molar-refractivity contribution in [3.8, 4) is 0 Å². The number of hydrogen-bond acceptors (Lipinski definition) is 1. The van der Waals surface area contributed by atoms with Crippen molar-refractivity contribution in [3.63, 3.8) is 0 Å². The molecule has 3 aromatic rings. The second kappa shape index (κ2) is 6.16. The molecule has 0 saturated heterocycles. The molecular weight excluding hydrogens is 355 g/mol. The Hall–Kier alpha value is -1.39. The highest BCUT2D eigenvalue weighted by Gasteiger charge is 2.11. The number of rotatable bonds is 4. The van der Waals surface area contributed by atoms with Crippen LogP contribution in [-0.2, 0) is 18.8 Å². The van der Waals surface area contributed by atoms with E-state index in [1.807, 2.05) is 30.3 Å². The molecule has 108 valence electrons. The molecule has 0 saturated carbocycles. The zero-order valence-electron chi connectivity index (χ0n) is 11.2. The summed E-state index contributed by atoms with van der Waals surface area (Å²) in [5.41, 5.74) is 2.62. The van der Waals surface area contributed by atoms with Crippen LogP contribution in [0.1, 0.15) is 11.4 Å². The van der Waals surface area contributed by atoms with Gasteiger partial charge in [0.05, 0.1) is 16.9 Å². The van der Waals surface area contributed by atoms with Crippen LogP contribution in [0.15, 0.2) is 46.9 Å². The van der Waals surface area contributed by atoms with E-state index in [2.05, 4.69) is 25.5 Å².